The zero-order valence-corrected chi connectivity index (χ0v) is 22.0. The van der Waals surface area contributed by atoms with Crippen LogP contribution in [-0.2, 0) is 4.57 Å². The van der Waals surface area contributed by atoms with Crippen molar-refractivity contribution in [2.24, 2.45) is 5.41 Å². The molecular formula is C26H35O7P. The second kappa shape index (κ2) is 11.6. The number of unbranched alkanes of at least 4 members (excludes halogenated alkanes) is 1. The normalized spacial score (nSPS) is 11.6. The molecule has 7 nitrogen and oxygen atoms in total. The van der Waals surface area contributed by atoms with Crippen molar-refractivity contribution >= 4 is 18.2 Å². The smallest absolute Gasteiger partial charge is 0.236 e. The highest BCUT2D eigenvalue weighted by Gasteiger charge is 2.45. The van der Waals surface area contributed by atoms with Crippen LogP contribution in [0, 0.1) is 5.41 Å². The van der Waals surface area contributed by atoms with E-state index in [2.05, 4.69) is 20.8 Å². The number of hydrogen-bond acceptors (Lipinski definition) is 7. The number of carbonyl (C=O) groups excluding carboxylic acids is 2. The summed E-state index contributed by atoms with van der Waals surface area (Å²) in [7, 11) is 1.44. The molecule has 0 fully saturated rings. The molecule has 2 rings (SSSR count). The first-order valence-corrected chi connectivity index (χ1v) is 13.0. The van der Waals surface area contributed by atoms with Crippen molar-refractivity contribution in [2.75, 3.05) is 34.6 Å². The number of methoxy groups -OCH3 is 4. The molecule has 0 aliphatic carbocycles. The van der Waals surface area contributed by atoms with Gasteiger partial charge in [-0.15, -0.1) is 0 Å². The molecule has 0 N–H and O–H groups in total. The van der Waals surface area contributed by atoms with Crippen LogP contribution in [0.4, 0.5) is 0 Å². The molecule has 0 heterocycles. The van der Waals surface area contributed by atoms with Gasteiger partial charge in [-0.05, 0) is 42.5 Å². The third-order valence-electron chi connectivity index (χ3n) is 5.59. The van der Waals surface area contributed by atoms with Crippen LogP contribution in [0.15, 0.2) is 36.4 Å². The Morgan fingerprint density at radius 3 is 1.35 bits per heavy atom. The molecule has 0 aromatic heterocycles. The maximum absolute atomic E-state index is 14.5. The SMILES string of the molecule is COc1cccc(OC)c1C(=O)P(=O)(CCCCC(C)(C)C)C(=O)c1c(OC)cccc1OC. The first kappa shape index (κ1) is 27.5. The lowest BCUT2D eigenvalue weighted by Gasteiger charge is -2.22. The lowest BCUT2D eigenvalue weighted by Crippen LogP contribution is -2.17. The van der Waals surface area contributed by atoms with Crippen molar-refractivity contribution in [3.63, 3.8) is 0 Å². The molecule has 0 aliphatic heterocycles. The molecule has 0 spiro atoms. The van der Waals surface area contributed by atoms with Crippen molar-refractivity contribution in [1.82, 2.24) is 0 Å². The minimum Gasteiger partial charge on any atom is -0.496 e. The van der Waals surface area contributed by atoms with Gasteiger partial charge < -0.3 is 23.5 Å². The molecule has 8 heteroatoms. The molecule has 0 unspecified atom stereocenters. The maximum atomic E-state index is 14.5. The van der Waals surface area contributed by atoms with Gasteiger partial charge in [0.1, 0.15) is 34.1 Å². The first-order chi connectivity index (χ1) is 16.0. The van der Waals surface area contributed by atoms with E-state index in [1.807, 2.05) is 0 Å². The van der Waals surface area contributed by atoms with Gasteiger partial charge in [0.05, 0.1) is 28.4 Å². The van der Waals surface area contributed by atoms with Crippen molar-refractivity contribution in [3.8, 4) is 23.0 Å². The zero-order chi connectivity index (χ0) is 25.5. The van der Waals surface area contributed by atoms with E-state index in [9.17, 15) is 14.2 Å². The number of hydrogen-bond donors (Lipinski definition) is 0. The van der Waals surface area contributed by atoms with E-state index in [1.165, 1.54) is 28.4 Å². The van der Waals surface area contributed by atoms with Crippen molar-refractivity contribution < 1.29 is 33.1 Å². The molecule has 0 atom stereocenters. The highest BCUT2D eigenvalue weighted by atomic mass is 31.2. The van der Waals surface area contributed by atoms with Gasteiger partial charge in [-0.1, -0.05) is 39.3 Å². The molecule has 34 heavy (non-hydrogen) atoms. The zero-order valence-electron chi connectivity index (χ0n) is 21.1. The Bertz CT molecular complexity index is 953. The molecule has 0 saturated heterocycles. The summed E-state index contributed by atoms with van der Waals surface area (Å²) in [4.78, 5) is 27.8. The number of ether oxygens (including phenoxy) is 4. The molecule has 2 aromatic carbocycles. The first-order valence-electron chi connectivity index (χ1n) is 11.1. The fourth-order valence-corrected chi connectivity index (χ4v) is 6.19. The predicted octanol–water partition coefficient (Wildman–Crippen LogP) is 6.28. The predicted molar refractivity (Wildman–Crippen MR) is 134 cm³/mol. The van der Waals surface area contributed by atoms with Crippen LogP contribution >= 0.6 is 7.14 Å². The molecule has 2 aromatic rings. The van der Waals surface area contributed by atoms with E-state index in [0.29, 0.717) is 6.42 Å². The van der Waals surface area contributed by atoms with Crippen LogP contribution in [0.5, 0.6) is 23.0 Å². The Kier molecular flexibility index (Phi) is 9.34. The van der Waals surface area contributed by atoms with Crippen molar-refractivity contribution in [2.45, 2.75) is 40.0 Å². The highest BCUT2D eigenvalue weighted by Crippen LogP contribution is 2.57. The Labute approximate surface area is 202 Å². The van der Waals surface area contributed by atoms with Gasteiger partial charge in [0.15, 0.2) is 0 Å². The van der Waals surface area contributed by atoms with Gasteiger partial charge >= 0.3 is 0 Å². The summed E-state index contributed by atoms with van der Waals surface area (Å²) in [5, 5.41) is 0. The van der Waals surface area contributed by atoms with Crippen molar-refractivity contribution in [3.05, 3.63) is 47.5 Å². The quantitative estimate of drug-likeness (QED) is 0.255. The summed E-state index contributed by atoms with van der Waals surface area (Å²) < 4.78 is 36.0. The third kappa shape index (κ3) is 6.01. The van der Waals surface area contributed by atoms with E-state index in [0.717, 1.165) is 12.8 Å². The Morgan fingerprint density at radius 2 is 1.06 bits per heavy atom. The van der Waals surface area contributed by atoms with Gasteiger partial charge in [0, 0.05) is 6.16 Å². The van der Waals surface area contributed by atoms with Crippen LogP contribution in [0.3, 0.4) is 0 Å². The fraction of sp³-hybridized carbons (Fsp3) is 0.462. The molecule has 0 saturated carbocycles. The van der Waals surface area contributed by atoms with Crippen LogP contribution in [-0.4, -0.2) is 45.6 Å². The average molecular weight is 491 g/mol. The minimum absolute atomic E-state index is 0.00568. The molecule has 0 radical (unpaired) electrons. The van der Waals surface area contributed by atoms with Gasteiger partial charge in [-0.2, -0.15) is 0 Å². The summed E-state index contributed by atoms with van der Waals surface area (Å²) in [6, 6.07) is 9.63. The van der Waals surface area contributed by atoms with Crippen LogP contribution < -0.4 is 18.9 Å². The second-order valence-corrected chi connectivity index (χ2v) is 11.9. The standard InChI is InChI=1S/C26H35O7P/c1-26(2,3)16-8-9-17-34(29,24(27)22-18(30-4)12-10-13-19(22)31-5)25(28)23-20(32-6)14-11-15-21(23)33-7/h10-15H,8-9,16-17H2,1-7H3. The van der Waals surface area contributed by atoms with Gasteiger partial charge in [-0.3, -0.25) is 9.59 Å². The molecule has 0 aliphatic rings. The van der Waals surface area contributed by atoms with Crippen molar-refractivity contribution in [1.29, 1.82) is 0 Å². The Hall–Kier alpha value is -2.79. The van der Waals surface area contributed by atoms with E-state index >= 15 is 0 Å². The summed E-state index contributed by atoms with van der Waals surface area (Å²) in [6.45, 7) is 6.34. The maximum Gasteiger partial charge on any atom is 0.236 e. The van der Waals surface area contributed by atoms with Gasteiger partial charge in [0.2, 0.25) is 18.2 Å². The van der Waals surface area contributed by atoms with Crippen LogP contribution in [0.25, 0.3) is 0 Å². The Balaban J connectivity index is 2.64. The molecular weight excluding hydrogens is 455 g/mol. The lowest BCUT2D eigenvalue weighted by atomic mass is 9.90. The highest BCUT2D eigenvalue weighted by molar-refractivity contribution is 7.95. The lowest BCUT2D eigenvalue weighted by molar-refractivity contribution is 0.103. The summed E-state index contributed by atoms with van der Waals surface area (Å²) in [6.07, 6.45) is 1.95. The van der Waals surface area contributed by atoms with E-state index < -0.39 is 18.2 Å². The molecule has 0 amide bonds. The monoisotopic (exact) mass is 490 g/mol. The summed E-state index contributed by atoms with van der Waals surface area (Å²) >= 11 is 0. The number of benzene rings is 2. The van der Waals surface area contributed by atoms with Crippen LogP contribution in [0.1, 0.15) is 60.7 Å². The second-order valence-electron chi connectivity index (χ2n) is 9.17. The topological polar surface area (TPSA) is 88.1 Å². The Morgan fingerprint density at radius 1 is 0.706 bits per heavy atom. The average Bonchev–Trinajstić information content (AvgIpc) is 2.83. The third-order valence-corrected chi connectivity index (χ3v) is 8.29. The van der Waals surface area contributed by atoms with E-state index in [4.69, 9.17) is 18.9 Å². The van der Waals surface area contributed by atoms with E-state index in [-0.39, 0.29) is 45.7 Å². The number of carbonyl (C=O) groups is 2. The fourth-order valence-electron chi connectivity index (χ4n) is 3.77. The summed E-state index contributed by atoms with van der Waals surface area (Å²) in [5.41, 5.74) is -1.52. The minimum atomic E-state index is -4.19. The van der Waals surface area contributed by atoms with Crippen LogP contribution in [0.2, 0.25) is 0 Å². The molecule has 186 valence electrons. The van der Waals surface area contributed by atoms with Gasteiger partial charge in [-0.25, -0.2) is 0 Å². The van der Waals surface area contributed by atoms with E-state index in [1.54, 1.807) is 36.4 Å². The van der Waals surface area contributed by atoms with Gasteiger partial charge in [0.25, 0.3) is 0 Å². The number of rotatable bonds is 12. The molecule has 0 bridgehead atoms. The largest absolute Gasteiger partial charge is 0.496 e. The summed E-state index contributed by atoms with van der Waals surface area (Å²) in [5.74, 6) is 0.774.